The summed E-state index contributed by atoms with van der Waals surface area (Å²) in [5.41, 5.74) is 5.57. The third-order valence-electron chi connectivity index (χ3n) is 2.69. The zero-order valence-corrected chi connectivity index (χ0v) is 10.2. The van der Waals surface area contributed by atoms with Crippen LogP contribution in [0.15, 0.2) is 42.5 Å². The monoisotopic (exact) mass is 277 g/mol. The molecule has 0 bridgehead atoms. The van der Waals surface area contributed by atoms with E-state index in [0.29, 0.717) is 5.69 Å². The summed E-state index contributed by atoms with van der Waals surface area (Å²) in [5, 5.41) is 11.5. The molecule has 0 atom stereocenters. The molecule has 3 N–H and O–H groups in total. The van der Waals surface area contributed by atoms with Gasteiger partial charge in [-0.1, -0.05) is 12.1 Å². The van der Waals surface area contributed by atoms with Crippen molar-refractivity contribution in [1.29, 1.82) is 5.26 Å². The molecule has 0 amide bonds. The van der Waals surface area contributed by atoms with E-state index in [9.17, 15) is 13.2 Å². The van der Waals surface area contributed by atoms with Gasteiger partial charge in [0.05, 0.1) is 16.8 Å². The Labute approximate surface area is 113 Å². The third kappa shape index (κ3) is 2.83. The molecule has 0 aliphatic heterocycles. The van der Waals surface area contributed by atoms with Crippen molar-refractivity contribution in [2.24, 2.45) is 0 Å². The van der Waals surface area contributed by atoms with Gasteiger partial charge in [-0.25, -0.2) is 0 Å². The van der Waals surface area contributed by atoms with Crippen LogP contribution in [0.3, 0.4) is 0 Å². The number of nitrogen functional groups attached to an aromatic ring is 1. The first-order valence-corrected chi connectivity index (χ1v) is 5.64. The number of nitriles is 1. The maximum atomic E-state index is 12.8. The van der Waals surface area contributed by atoms with Gasteiger partial charge in [0, 0.05) is 11.4 Å². The predicted octanol–water partition coefficient (Wildman–Crippen LogP) is 3.90. The highest BCUT2D eigenvalue weighted by Crippen LogP contribution is 2.36. The molecule has 2 rings (SSSR count). The highest BCUT2D eigenvalue weighted by Gasteiger charge is 2.33. The number of nitrogens with one attached hydrogen (secondary N) is 1. The van der Waals surface area contributed by atoms with E-state index < -0.39 is 11.7 Å². The van der Waals surface area contributed by atoms with Gasteiger partial charge < -0.3 is 11.1 Å². The van der Waals surface area contributed by atoms with Crippen LogP contribution in [0, 0.1) is 11.3 Å². The van der Waals surface area contributed by atoms with E-state index in [0.717, 1.165) is 6.07 Å². The van der Waals surface area contributed by atoms with Crippen LogP contribution in [-0.2, 0) is 6.18 Å². The number of benzene rings is 2. The van der Waals surface area contributed by atoms with E-state index in [1.807, 2.05) is 6.07 Å². The molecule has 0 heterocycles. The Morgan fingerprint density at radius 3 is 2.45 bits per heavy atom. The molecular weight excluding hydrogens is 267 g/mol. The zero-order valence-electron chi connectivity index (χ0n) is 10.2. The Bertz CT molecular complexity index is 672. The van der Waals surface area contributed by atoms with Crippen LogP contribution in [0.25, 0.3) is 0 Å². The average molecular weight is 277 g/mol. The molecule has 102 valence electrons. The average Bonchev–Trinajstić information content (AvgIpc) is 2.40. The molecule has 0 saturated carbocycles. The smallest absolute Gasteiger partial charge is 0.398 e. The van der Waals surface area contributed by atoms with Crippen molar-refractivity contribution >= 4 is 17.1 Å². The van der Waals surface area contributed by atoms with Crippen molar-refractivity contribution in [3.63, 3.8) is 0 Å². The topological polar surface area (TPSA) is 61.8 Å². The van der Waals surface area contributed by atoms with E-state index in [4.69, 9.17) is 11.0 Å². The normalized spacial score (nSPS) is 10.9. The Kier molecular flexibility index (Phi) is 3.53. The lowest BCUT2D eigenvalue weighted by Gasteiger charge is -2.14. The molecule has 3 nitrogen and oxygen atoms in total. The highest BCUT2D eigenvalue weighted by atomic mass is 19.4. The van der Waals surface area contributed by atoms with Gasteiger partial charge in [0.2, 0.25) is 0 Å². The highest BCUT2D eigenvalue weighted by molar-refractivity contribution is 5.68. The van der Waals surface area contributed by atoms with Crippen LogP contribution < -0.4 is 11.1 Å². The molecule has 6 heteroatoms. The summed E-state index contributed by atoms with van der Waals surface area (Å²) in [6.07, 6.45) is -4.45. The summed E-state index contributed by atoms with van der Waals surface area (Å²) in [5.74, 6) is 0. The van der Waals surface area contributed by atoms with Crippen LogP contribution >= 0.6 is 0 Å². The van der Waals surface area contributed by atoms with Gasteiger partial charge in [-0.2, -0.15) is 18.4 Å². The lowest BCUT2D eigenvalue weighted by Crippen LogP contribution is -2.08. The Balaban J connectivity index is 2.39. The predicted molar refractivity (Wildman–Crippen MR) is 70.3 cm³/mol. The van der Waals surface area contributed by atoms with E-state index >= 15 is 0 Å². The van der Waals surface area contributed by atoms with E-state index in [-0.39, 0.29) is 16.9 Å². The maximum absolute atomic E-state index is 12.8. The van der Waals surface area contributed by atoms with Gasteiger partial charge in [-0.05, 0) is 30.3 Å². The van der Waals surface area contributed by atoms with Gasteiger partial charge in [-0.3, -0.25) is 0 Å². The first-order chi connectivity index (χ1) is 9.41. The fourth-order valence-electron chi connectivity index (χ4n) is 1.73. The number of alkyl halides is 3. The Morgan fingerprint density at radius 1 is 1.10 bits per heavy atom. The lowest BCUT2D eigenvalue weighted by molar-refractivity contribution is -0.136. The minimum Gasteiger partial charge on any atom is -0.398 e. The second kappa shape index (κ2) is 5.13. The van der Waals surface area contributed by atoms with E-state index in [2.05, 4.69) is 5.32 Å². The van der Waals surface area contributed by atoms with Crippen molar-refractivity contribution < 1.29 is 13.2 Å². The summed E-state index contributed by atoms with van der Waals surface area (Å²) < 4.78 is 38.5. The molecule has 20 heavy (non-hydrogen) atoms. The van der Waals surface area contributed by atoms with Gasteiger partial charge in [0.15, 0.2) is 0 Å². The fourth-order valence-corrected chi connectivity index (χ4v) is 1.73. The SMILES string of the molecule is N#Cc1cc(Nc2ccccc2C(F)(F)F)ccc1N. The minimum absolute atomic E-state index is 0.0753. The van der Waals surface area contributed by atoms with Gasteiger partial charge >= 0.3 is 6.18 Å². The summed E-state index contributed by atoms with van der Waals surface area (Å²) in [4.78, 5) is 0. The molecule has 0 aromatic heterocycles. The largest absolute Gasteiger partial charge is 0.418 e. The minimum atomic E-state index is -4.45. The molecule has 0 unspecified atom stereocenters. The Morgan fingerprint density at radius 2 is 1.80 bits per heavy atom. The molecular formula is C14H10F3N3. The number of anilines is 3. The standard InChI is InChI=1S/C14H10F3N3/c15-14(16,17)11-3-1-2-4-13(11)20-10-5-6-12(19)9(7-10)8-18/h1-7,20H,19H2. The van der Waals surface area contributed by atoms with E-state index in [1.54, 1.807) is 0 Å². The van der Waals surface area contributed by atoms with Gasteiger partial charge in [0.25, 0.3) is 0 Å². The van der Waals surface area contributed by atoms with Crippen LogP contribution in [0.5, 0.6) is 0 Å². The van der Waals surface area contributed by atoms with Crippen LogP contribution in [0.1, 0.15) is 11.1 Å². The number of rotatable bonds is 2. The molecule has 0 aliphatic rings. The van der Waals surface area contributed by atoms with Crippen molar-refractivity contribution in [3.05, 3.63) is 53.6 Å². The van der Waals surface area contributed by atoms with Crippen LogP contribution in [-0.4, -0.2) is 0 Å². The van der Waals surface area contributed by atoms with Crippen molar-refractivity contribution in [2.75, 3.05) is 11.1 Å². The first kappa shape index (κ1) is 13.7. The molecule has 0 radical (unpaired) electrons. The van der Waals surface area contributed by atoms with Crippen molar-refractivity contribution in [2.45, 2.75) is 6.18 Å². The second-order valence-electron chi connectivity index (χ2n) is 4.08. The number of nitrogens with two attached hydrogens (primary N) is 1. The molecule has 0 spiro atoms. The molecule has 2 aromatic rings. The summed E-state index contributed by atoms with van der Waals surface area (Å²) >= 11 is 0. The second-order valence-corrected chi connectivity index (χ2v) is 4.08. The Hall–Kier alpha value is -2.68. The fraction of sp³-hybridized carbons (Fsp3) is 0.0714. The number of hydrogen-bond acceptors (Lipinski definition) is 3. The van der Waals surface area contributed by atoms with Crippen LogP contribution in [0.2, 0.25) is 0 Å². The van der Waals surface area contributed by atoms with Crippen molar-refractivity contribution in [1.82, 2.24) is 0 Å². The zero-order chi connectivity index (χ0) is 14.8. The number of nitrogens with zero attached hydrogens (tertiary/aromatic N) is 1. The maximum Gasteiger partial charge on any atom is 0.418 e. The quantitative estimate of drug-likeness (QED) is 0.818. The first-order valence-electron chi connectivity index (χ1n) is 5.64. The van der Waals surface area contributed by atoms with Crippen LogP contribution in [0.4, 0.5) is 30.2 Å². The third-order valence-corrected chi connectivity index (χ3v) is 2.69. The van der Waals surface area contributed by atoms with Crippen molar-refractivity contribution in [3.8, 4) is 6.07 Å². The summed E-state index contributed by atoms with van der Waals surface area (Å²) in [6.45, 7) is 0. The molecule has 0 fully saturated rings. The molecule has 0 aliphatic carbocycles. The lowest BCUT2D eigenvalue weighted by atomic mass is 10.1. The summed E-state index contributed by atoms with van der Waals surface area (Å²) in [7, 11) is 0. The summed E-state index contributed by atoms with van der Waals surface area (Å²) in [6, 6.07) is 11.4. The van der Waals surface area contributed by atoms with Gasteiger partial charge in [0.1, 0.15) is 6.07 Å². The number of halogens is 3. The molecule has 0 saturated heterocycles. The molecule has 2 aromatic carbocycles. The van der Waals surface area contributed by atoms with Gasteiger partial charge in [-0.15, -0.1) is 0 Å². The number of para-hydroxylation sites is 1. The number of hydrogen-bond donors (Lipinski definition) is 2. The van der Waals surface area contributed by atoms with E-state index in [1.165, 1.54) is 36.4 Å².